The van der Waals surface area contributed by atoms with Crippen LogP contribution in [-0.4, -0.2) is 12.5 Å². The second-order valence-electron chi connectivity index (χ2n) is 4.00. The number of carbonyl (C=O) groups is 1. The summed E-state index contributed by atoms with van der Waals surface area (Å²) in [6.07, 6.45) is 0.338. The summed E-state index contributed by atoms with van der Waals surface area (Å²) in [4.78, 5) is 13.8. The molecule has 0 aliphatic carbocycles. The lowest BCUT2D eigenvalue weighted by molar-refractivity contribution is -0.116. The van der Waals surface area contributed by atoms with E-state index in [0.717, 1.165) is 15.5 Å². The van der Waals surface area contributed by atoms with Crippen LogP contribution < -0.4 is 11.1 Å². The first kappa shape index (κ1) is 13.6. The molecule has 98 valence electrons. The maximum atomic E-state index is 11.6. The van der Waals surface area contributed by atoms with Gasteiger partial charge in [-0.2, -0.15) is 0 Å². The topological polar surface area (TPSA) is 55.1 Å². The summed E-state index contributed by atoms with van der Waals surface area (Å²) in [5, 5.41) is 2.89. The van der Waals surface area contributed by atoms with Crippen molar-refractivity contribution in [3.8, 4) is 0 Å². The van der Waals surface area contributed by atoms with Gasteiger partial charge in [0.05, 0.1) is 5.69 Å². The summed E-state index contributed by atoms with van der Waals surface area (Å²) in [5.41, 5.74) is 6.21. The van der Waals surface area contributed by atoms with Crippen LogP contribution in [0.3, 0.4) is 0 Å². The number of anilines is 1. The highest BCUT2D eigenvalue weighted by molar-refractivity contribution is 7.99. The average molecular weight is 272 g/mol. The van der Waals surface area contributed by atoms with E-state index in [-0.39, 0.29) is 5.91 Å². The summed E-state index contributed by atoms with van der Waals surface area (Å²) in [6.45, 7) is 0.361. The maximum Gasteiger partial charge on any atom is 0.225 e. The number of nitrogens with two attached hydrogens (primary N) is 1. The number of para-hydroxylation sites is 1. The van der Waals surface area contributed by atoms with Crippen molar-refractivity contribution < 1.29 is 4.79 Å². The molecular weight excluding hydrogens is 256 g/mol. The fraction of sp³-hybridized carbons (Fsp3) is 0.133. The molecule has 2 rings (SSSR count). The summed E-state index contributed by atoms with van der Waals surface area (Å²) in [6, 6.07) is 17.8. The third-order valence-corrected chi connectivity index (χ3v) is 3.59. The van der Waals surface area contributed by atoms with Crippen LogP contribution >= 0.6 is 11.8 Å². The van der Waals surface area contributed by atoms with Gasteiger partial charge >= 0.3 is 0 Å². The smallest absolute Gasteiger partial charge is 0.225 e. The number of rotatable bonds is 5. The Hall–Kier alpha value is -1.78. The monoisotopic (exact) mass is 272 g/mol. The Morgan fingerprint density at radius 3 is 2.47 bits per heavy atom. The van der Waals surface area contributed by atoms with Crippen molar-refractivity contribution in [3.63, 3.8) is 0 Å². The highest BCUT2D eigenvalue weighted by atomic mass is 32.2. The second kappa shape index (κ2) is 6.97. The van der Waals surface area contributed by atoms with Crippen molar-refractivity contribution in [1.29, 1.82) is 0 Å². The van der Waals surface area contributed by atoms with Crippen LogP contribution in [0, 0.1) is 0 Å². The van der Waals surface area contributed by atoms with E-state index in [2.05, 4.69) is 5.32 Å². The Bertz CT molecular complexity index is 543. The number of hydrogen-bond donors (Lipinski definition) is 2. The van der Waals surface area contributed by atoms with Crippen LogP contribution in [0.25, 0.3) is 0 Å². The minimum Gasteiger partial charge on any atom is -0.330 e. The van der Waals surface area contributed by atoms with Crippen molar-refractivity contribution in [2.24, 2.45) is 5.73 Å². The van der Waals surface area contributed by atoms with Crippen LogP contribution in [-0.2, 0) is 4.79 Å². The highest BCUT2D eigenvalue weighted by Gasteiger charge is 2.06. The molecule has 0 aliphatic rings. The SMILES string of the molecule is NCCC(=O)Nc1ccccc1Sc1ccccc1. The molecule has 0 heterocycles. The molecule has 2 aromatic carbocycles. The Morgan fingerprint density at radius 2 is 1.74 bits per heavy atom. The maximum absolute atomic E-state index is 11.6. The molecule has 0 fully saturated rings. The minimum atomic E-state index is -0.0522. The van der Waals surface area contributed by atoms with Gasteiger partial charge in [-0.3, -0.25) is 4.79 Å². The Labute approximate surface area is 117 Å². The fourth-order valence-electron chi connectivity index (χ4n) is 1.62. The third-order valence-electron chi connectivity index (χ3n) is 2.50. The van der Waals surface area contributed by atoms with Crippen LogP contribution in [0.1, 0.15) is 6.42 Å². The quantitative estimate of drug-likeness (QED) is 0.879. The summed E-state index contributed by atoms with van der Waals surface area (Å²) < 4.78 is 0. The largest absolute Gasteiger partial charge is 0.330 e. The van der Waals surface area contributed by atoms with Gasteiger partial charge in [0.15, 0.2) is 0 Å². The van der Waals surface area contributed by atoms with Crippen molar-refractivity contribution in [2.75, 3.05) is 11.9 Å². The van der Waals surface area contributed by atoms with Gasteiger partial charge in [-0.1, -0.05) is 42.1 Å². The van der Waals surface area contributed by atoms with Crippen molar-refractivity contribution in [3.05, 3.63) is 54.6 Å². The molecule has 0 unspecified atom stereocenters. The third kappa shape index (κ3) is 4.12. The van der Waals surface area contributed by atoms with Gasteiger partial charge < -0.3 is 11.1 Å². The molecule has 4 heteroatoms. The van der Waals surface area contributed by atoms with Crippen LogP contribution in [0.5, 0.6) is 0 Å². The normalized spacial score (nSPS) is 10.2. The standard InChI is InChI=1S/C15H16N2OS/c16-11-10-15(18)17-13-8-4-5-9-14(13)19-12-6-2-1-3-7-12/h1-9H,10-11,16H2,(H,17,18). The van der Waals surface area contributed by atoms with Gasteiger partial charge in [0.2, 0.25) is 5.91 Å². The van der Waals surface area contributed by atoms with Gasteiger partial charge in [-0.05, 0) is 24.3 Å². The molecule has 0 aromatic heterocycles. The van der Waals surface area contributed by atoms with E-state index in [1.165, 1.54) is 0 Å². The van der Waals surface area contributed by atoms with Crippen molar-refractivity contribution in [2.45, 2.75) is 16.2 Å². The Kier molecular flexibility index (Phi) is 5.01. The molecule has 0 saturated heterocycles. The number of benzene rings is 2. The lowest BCUT2D eigenvalue weighted by Crippen LogP contribution is -2.16. The summed E-state index contributed by atoms with van der Waals surface area (Å²) in [7, 11) is 0. The predicted octanol–water partition coefficient (Wildman–Crippen LogP) is 3.13. The van der Waals surface area contributed by atoms with Gasteiger partial charge in [-0.15, -0.1) is 0 Å². The molecule has 1 amide bonds. The van der Waals surface area contributed by atoms with E-state index < -0.39 is 0 Å². The summed E-state index contributed by atoms with van der Waals surface area (Å²) >= 11 is 1.63. The number of amides is 1. The molecule has 3 nitrogen and oxygen atoms in total. The molecule has 3 N–H and O–H groups in total. The van der Waals surface area contributed by atoms with Gasteiger partial charge in [0.25, 0.3) is 0 Å². The van der Waals surface area contributed by atoms with Crippen molar-refractivity contribution >= 4 is 23.4 Å². The van der Waals surface area contributed by atoms with E-state index in [4.69, 9.17) is 5.73 Å². The fourth-order valence-corrected chi connectivity index (χ4v) is 2.54. The minimum absolute atomic E-state index is 0.0522. The molecule has 0 saturated carbocycles. The van der Waals surface area contributed by atoms with Crippen LogP contribution in [0.4, 0.5) is 5.69 Å². The van der Waals surface area contributed by atoms with E-state index in [1.54, 1.807) is 11.8 Å². The highest BCUT2D eigenvalue weighted by Crippen LogP contribution is 2.33. The molecule has 0 aliphatic heterocycles. The predicted molar refractivity (Wildman–Crippen MR) is 79.3 cm³/mol. The first-order valence-corrected chi connectivity index (χ1v) is 6.93. The Balaban J connectivity index is 2.14. The number of nitrogens with one attached hydrogen (secondary N) is 1. The Morgan fingerprint density at radius 1 is 1.05 bits per heavy atom. The van der Waals surface area contributed by atoms with Gasteiger partial charge in [0.1, 0.15) is 0 Å². The molecule has 19 heavy (non-hydrogen) atoms. The van der Waals surface area contributed by atoms with Gasteiger partial charge in [0, 0.05) is 22.8 Å². The molecule has 0 radical (unpaired) electrons. The first-order chi connectivity index (χ1) is 9.29. The number of carbonyl (C=O) groups excluding carboxylic acids is 1. The molecule has 0 bridgehead atoms. The van der Waals surface area contributed by atoms with Gasteiger partial charge in [-0.25, -0.2) is 0 Å². The van der Waals surface area contributed by atoms with Crippen LogP contribution in [0.15, 0.2) is 64.4 Å². The second-order valence-corrected chi connectivity index (χ2v) is 5.11. The lowest BCUT2D eigenvalue weighted by atomic mass is 10.3. The zero-order chi connectivity index (χ0) is 13.5. The van der Waals surface area contributed by atoms with E-state index in [1.807, 2.05) is 54.6 Å². The zero-order valence-electron chi connectivity index (χ0n) is 10.5. The zero-order valence-corrected chi connectivity index (χ0v) is 11.3. The van der Waals surface area contributed by atoms with E-state index >= 15 is 0 Å². The average Bonchev–Trinajstić information content (AvgIpc) is 2.42. The summed E-state index contributed by atoms with van der Waals surface area (Å²) in [5.74, 6) is -0.0522. The first-order valence-electron chi connectivity index (χ1n) is 6.11. The van der Waals surface area contributed by atoms with E-state index in [0.29, 0.717) is 13.0 Å². The molecule has 2 aromatic rings. The van der Waals surface area contributed by atoms with E-state index in [9.17, 15) is 4.79 Å². The van der Waals surface area contributed by atoms with Crippen LogP contribution in [0.2, 0.25) is 0 Å². The van der Waals surface area contributed by atoms with Crippen molar-refractivity contribution in [1.82, 2.24) is 0 Å². The number of hydrogen-bond acceptors (Lipinski definition) is 3. The lowest BCUT2D eigenvalue weighted by Gasteiger charge is -2.10. The molecule has 0 atom stereocenters. The molecule has 0 spiro atoms. The molecular formula is C15H16N2OS.